The quantitative estimate of drug-likeness (QED) is 0.450. The number of primary amides is 1. The van der Waals surface area contributed by atoms with Gasteiger partial charge in [0.2, 0.25) is 5.71 Å². The zero-order valence-corrected chi connectivity index (χ0v) is 9.10. The van der Waals surface area contributed by atoms with Crippen molar-refractivity contribution < 1.29 is 9.59 Å². The lowest BCUT2D eigenvalue weighted by Gasteiger charge is -2.02. The summed E-state index contributed by atoms with van der Waals surface area (Å²) >= 11 is 0. The van der Waals surface area contributed by atoms with Gasteiger partial charge in [-0.1, -0.05) is 12.1 Å². The van der Waals surface area contributed by atoms with Gasteiger partial charge in [-0.05, 0) is 19.1 Å². The Hall–Kier alpha value is -2.68. The van der Waals surface area contributed by atoms with Crippen molar-refractivity contribution in [1.82, 2.24) is 0 Å². The first kappa shape index (κ1) is 12.4. The number of nitrogens with one attached hydrogen (secondary N) is 1. The first-order valence-corrected chi connectivity index (χ1v) is 4.69. The normalized spacial score (nSPS) is 10.5. The highest BCUT2D eigenvalue weighted by Gasteiger charge is 2.05. The number of anilines is 1. The Morgan fingerprint density at radius 2 is 2.18 bits per heavy atom. The molecule has 0 unspecified atom stereocenters. The summed E-state index contributed by atoms with van der Waals surface area (Å²) in [6.45, 7) is 1.44. The highest BCUT2D eigenvalue weighted by molar-refractivity contribution is 6.44. The zero-order valence-electron chi connectivity index (χ0n) is 9.10. The van der Waals surface area contributed by atoms with Crippen LogP contribution >= 0.6 is 0 Å². The first-order chi connectivity index (χ1) is 8.04. The standard InChI is InChI=1S/C11H10N4O2/c1-7(16)8-3-2-4-9(5-8)14-15-10(6-12)11(13)17/h2-5,14H,1H3,(H2,13,17)/b15-10+. The van der Waals surface area contributed by atoms with Gasteiger partial charge in [-0.3, -0.25) is 15.0 Å². The van der Waals surface area contributed by atoms with Crippen LogP contribution in [0.5, 0.6) is 0 Å². The summed E-state index contributed by atoms with van der Waals surface area (Å²) in [6.07, 6.45) is 0. The van der Waals surface area contributed by atoms with E-state index in [1.54, 1.807) is 30.3 Å². The molecule has 0 spiro atoms. The van der Waals surface area contributed by atoms with Gasteiger partial charge < -0.3 is 5.73 Å². The minimum absolute atomic E-state index is 0.0898. The lowest BCUT2D eigenvalue weighted by Crippen LogP contribution is -2.22. The lowest BCUT2D eigenvalue weighted by molar-refractivity contribution is -0.111. The van der Waals surface area contributed by atoms with E-state index in [1.165, 1.54) is 6.92 Å². The van der Waals surface area contributed by atoms with Gasteiger partial charge in [0.1, 0.15) is 6.07 Å². The largest absolute Gasteiger partial charge is 0.364 e. The van der Waals surface area contributed by atoms with Crippen molar-refractivity contribution >= 4 is 23.1 Å². The molecule has 0 saturated heterocycles. The first-order valence-electron chi connectivity index (χ1n) is 4.69. The number of hydrogen-bond acceptors (Lipinski definition) is 5. The fourth-order valence-corrected chi connectivity index (χ4v) is 1.06. The van der Waals surface area contributed by atoms with Crippen LogP contribution in [-0.4, -0.2) is 17.4 Å². The third-order valence-corrected chi connectivity index (χ3v) is 1.91. The number of rotatable bonds is 4. The van der Waals surface area contributed by atoms with Crippen LogP contribution in [0.2, 0.25) is 0 Å². The summed E-state index contributed by atoms with van der Waals surface area (Å²) in [5.74, 6) is -1.00. The molecule has 3 N–H and O–H groups in total. The highest BCUT2D eigenvalue weighted by atomic mass is 16.1. The molecule has 0 saturated carbocycles. The molecule has 0 aliphatic heterocycles. The Balaban J connectivity index is 2.90. The Bertz CT molecular complexity index is 529. The zero-order chi connectivity index (χ0) is 12.8. The molecule has 1 aromatic carbocycles. The summed E-state index contributed by atoms with van der Waals surface area (Å²) in [6, 6.07) is 8.06. The van der Waals surface area contributed by atoms with Crippen molar-refractivity contribution in [3.8, 4) is 6.07 Å². The van der Waals surface area contributed by atoms with Gasteiger partial charge in [-0.25, -0.2) is 0 Å². The van der Waals surface area contributed by atoms with E-state index in [0.717, 1.165) is 0 Å². The number of Topliss-reactive ketones (excluding diaryl/α,β-unsaturated/α-hetero) is 1. The molecule has 1 aromatic rings. The molecule has 0 aliphatic rings. The molecule has 0 radical (unpaired) electrons. The average Bonchev–Trinajstić information content (AvgIpc) is 2.29. The summed E-state index contributed by atoms with van der Waals surface area (Å²) < 4.78 is 0. The minimum Gasteiger partial charge on any atom is -0.364 e. The van der Waals surface area contributed by atoms with Crippen LogP contribution in [0.4, 0.5) is 5.69 Å². The fraction of sp³-hybridized carbons (Fsp3) is 0.0909. The van der Waals surface area contributed by atoms with Gasteiger partial charge >= 0.3 is 0 Å². The maximum absolute atomic E-state index is 11.1. The summed E-state index contributed by atoms with van der Waals surface area (Å²) in [7, 11) is 0. The number of hydrazone groups is 1. The van der Waals surface area contributed by atoms with E-state index in [2.05, 4.69) is 10.5 Å². The van der Waals surface area contributed by atoms with Crippen LogP contribution in [0.1, 0.15) is 17.3 Å². The van der Waals surface area contributed by atoms with Crippen molar-refractivity contribution in [3.05, 3.63) is 29.8 Å². The number of benzene rings is 1. The number of ketones is 1. The number of nitrogens with two attached hydrogens (primary N) is 1. The third-order valence-electron chi connectivity index (χ3n) is 1.91. The lowest BCUT2D eigenvalue weighted by atomic mass is 10.1. The molecule has 6 nitrogen and oxygen atoms in total. The Labute approximate surface area is 97.7 Å². The number of amides is 1. The van der Waals surface area contributed by atoms with Crippen LogP contribution in [-0.2, 0) is 4.79 Å². The third kappa shape index (κ3) is 3.43. The molecule has 0 aliphatic carbocycles. The van der Waals surface area contributed by atoms with Crippen molar-refractivity contribution in [1.29, 1.82) is 5.26 Å². The summed E-state index contributed by atoms with van der Waals surface area (Å²) in [5, 5.41) is 12.1. The molecule has 6 heteroatoms. The van der Waals surface area contributed by atoms with Crippen molar-refractivity contribution in [2.24, 2.45) is 10.8 Å². The van der Waals surface area contributed by atoms with Crippen molar-refractivity contribution in [2.45, 2.75) is 6.92 Å². The van der Waals surface area contributed by atoms with Gasteiger partial charge in [0.15, 0.2) is 5.78 Å². The van der Waals surface area contributed by atoms with Gasteiger partial charge in [0, 0.05) is 5.56 Å². The van der Waals surface area contributed by atoms with E-state index in [0.29, 0.717) is 11.3 Å². The molecular weight excluding hydrogens is 220 g/mol. The highest BCUT2D eigenvalue weighted by Crippen LogP contribution is 2.10. The molecule has 1 rings (SSSR count). The molecule has 17 heavy (non-hydrogen) atoms. The number of nitrogens with zero attached hydrogens (tertiary/aromatic N) is 2. The van der Waals surface area contributed by atoms with Gasteiger partial charge in [0.25, 0.3) is 5.91 Å². The van der Waals surface area contributed by atoms with Crippen molar-refractivity contribution in [3.63, 3.8) is 0 Å². The monoisotopic (exact) mass is 230 g/mol. The number of hydrogen-bond donors (Lipinski definition) is 2. The predicted molar refractivity (Wildman–Crippen MR) is 62.3 cm³/mol. The number of carbonyl (C=O) groups is 2. The molecular formula is C11H10N4O2. The Morgan fingerprint density at radius 1 is 1.47 bits per heavy atom. The minimum atomic E-state index is -0.914. The second-order valence-electron chi connectivity index (χ2n) is 3.19. The smallest absolute Gasteiger partial charge is 0.280 e. The van der Waals surface area contributed by atoms with Crippen LogP contribution in [0.15, 0.2) is 29.4 Å². The fourth-order valence-electron chi connectivity index (χ4n) is 1.06. The molecule has 0 aromatic heterocycles. The van der Waals surface area contributed by atoms with E-state index >= 15 is 0 Å². The topological polar surface area (TPSA) is 108 Å². The Morgan fingerprint density at radius 3 is 2.71 bits per heavy atom. The summed E-state index contributed by atoms with van der Waals surface area (Å²) in [4.78, 5) is 21.8. The second-order valence-corrected chi connectivity index (χ2v) is 3.19. The summed E-state index contributed by atoms with van der Waals surface area (Å²) in [5.41, 5.74) is 7.95. The molecule has 0 atom stereocenters. The Kier molecular flexibility index (Phi) is 3.95. The molecule has 0 bridgehead atoms. The van der Waals surface area contributed by atoms with E-state index in [1.807, 2.05) is 0 Å². The van der Waals surface area contributed by atoms with Gasteiger partial charge in [0.05, 0.1) is 5.69 Å². The average molecular weight is 230 g/mol. The molecule has 86 valence electrons. The number of carbonyl (C=O) groups excluding carboxylic acids is 2. The van der Waals surface area contributed by atoms with Crippen LogP contribution in [0.25, 0.3) is 0 Å². The van der Waals surface area contributed by atoms with E-state index in [-0.39, 0.29) is 5.78 Å². The van der Waals surface area contributed by atoms with E-state index in [9.17, 15) is 9.59 Å². The maximum atomic E-state index is 11.1. The number of nitriles is 1. The van der Waals surface area contributed by atoms with Gasteiger partial charge in [-0.2, -0.15) is 10.4 Å². The van der Waals surface area contributed by atoms with Crippen molar-refractivity contribution in [2.75, 3.05) is 5.43 Å². The van der Waals surface area contributed by atoms with E-state index in [4.69, 9.17) is 11.0 Å². The maximum Gasteiger partial charge on any atom is 0.280 e. The van der Waals surface area contributed by atoms with Crippen LogP contribution in [0.3, 0.4) is 0 Å². The second kappa shape index (κ2) is 5.42. The van der Waals surface area contributed by atoms with Crippen LogP contribution < -0.4 is 11.2 Å². The van der Waals surface area contributed by atoms with Gasteiger partial charge in [-0.15, -0.1) is 0 Å². The van der Waals surface area contributed by atoms with Crippen LogP contribution in [0, 0.1) is 11.3 Å². The predicted octanol–water partition coefficient (Wildman–Crippen LogP) is 0.666. The SMILES string of the molecule is CC(=O)c1cccc(N/N=C(\C#N)C(N)=O)c1. The molecule has 0 fully saturated rings. The molecule has 0 heterocycles. The molecule has 1 amide bonds. The van der Waals surface area contributed by atoms with E-state index < -0.39 is 11.6 Å².